The number of hydrogen-bond donors (Lipinski definition) is 0. The maximum atomic E-state index is 13.5. The van der Waals surface area contributed by atoms with E-state index in [1.54, 1.807) is 28.4 Å². The molecule has 6 heteroatoms. The van der Waals surface area contributed by atoms with Gasteiger partial charge in [-0.1, -0.05) is 42.8 Å². The van der Waals surface area contributed by atoms with Crippen LogP contribution in [0.4, 0.5) is 0 Å². The number of nitrogens with zero attached hydrogens (tertiary/aromatic N) is 2. The van der Waals surface area contributed by atoms with Crippen LogP contribution < -0.4 is 4.74 Å². The number of ether oxygens (including phenoxy) is 1. The fraction of sp³-hybridized carbons (Fsp3) is 0.333. The van der Waals surface area contributed by atoms with Crippen molar-refractivity contribution in [2.75, 3.05) is 26.2 Å². The second kappa shape index (κ2) is 10.7. The Morgan fingerprint density at radius 2 is 1.85 bits per heavy atom. The van der Waals surface area contributed by atoms with E-state index in [1.807, 2.05) is 61.2 Å². The molecule has 0 aliphatic carbocycles. The van der Waals surface area contributed by atoms with Crippen molar-refractivity contribution >= 4 is 23.2 Å². The molecular formula is C27H30N2O3S. The number of amides is 2. The Hall–Kier alpha value is -3.12. The summed E-state index contributed by atoms with van der Waals surface area (Å²) >= 11 is 1.73. The monoisotopic (exact) mass is 462 g/mol. The molecule has 172 valence electrons. The molecule has 4 rings (SSSR count). The Morgan fingerprint density at radius 3 is 2.58 bits per heavy atom. The fourth-order valence-electron chi connectivity index (χ4n) is 4.22. The van der Waals surface area contributed by atoms with E-state index in [0.717, 1.165) is 24.2 Å². The van der Waals surface area contributed by atoms with Crippen LogP contribution in [0.5, 0.6) is 5.75 Å². The lowest BCUT2D eigenvalue weighted by atomic mass is 10.0. The molecule has 1 unspecified atom stereocenters. The van der Waals surface area contributed by atoms with E-state index < -0.39 is 0 Å². The minimum atomic E-state index is -0.163. The van der Waals surface area contributed by atoms with Crippen LogP contribution in [0.3, 0.4) is 0 Å². The van der Waals surface area contributed by atoms with Crippen molar-refractivity contribution in [1.82, 2.24) is 9.80 Å². The first-order valence-corrected chi connectivity index (χ1v) is 12.3. The molecule has 2 amide bonds. The molecule has 5 nitrogen and oxygen atoms in total. The molecule has 0 N–H and O–H groups in total. The Balaban J connectivity index is 1.51. The number of rotatable bonds is 8. The quantitative estimate of drug-likeness (QED) is 0.467. The fourth-order valence-corrected chi connectivity index (χ4v) is 5.15. The van der Waals surface area contributed by atoms with E-state index in [0.29, 0.717) is 25.3 Å². The molecule has 0 fully saturated rings. The van der Waals surface area contributed by atoms with Gasteiger partial charge in [0.1, 0.15) is 18.9 Å². The van der Waals surface area contributed by atoms with Gasteiger partial charge in [-0.15, -0.1) is 11.3 Å². The second-order valence-electron chi connectivity index (χ2n) is 8.37. The minimum absolute atomic E-state index is 0.0397. The molecular weight excluding hydrogens is 432 g/mol. The lowest BCUT2D eigenvalue weighted by Gasteiger charge is -2.37. The van der Waals surface area contributed by atoms with Gasteiger partial charge >= 0.3 is 0 Å². The van der Waals surface area contributed by atoms with Gasteiger partial charge in [0.2, 0.25) is 5.91 Å². The Morgan fingerprint density at radius 1 is 1.09 bits per heavy atom. The van der Waals surface area contributed by atoms with Crippen molar-refractivity contribution in [3.63, 3.8) is 0 Å². The first-order valence-electron chi connectivity index (χ1n) is 11.5. The van der Waals surface area contributed by atoms with Gasteiger partial charge in [0.25, 0.3) is 5.91 Å². The van der Waals surface area contributed by atoms with Gasteiger partial charge < -0.3 is 14.5 Å². The van der Waals surface area contributed by atoms with Crippen LogP contribution in [0.1, 0.15) is 45.7 Å². The van der Waals surface area contributed by atoms with Crippen molar-refractivity contribution in [3.05, 3.63) is 87.6 Å². The number of fused-ring (bicyclic) bond motifs is 1. The minimum Gasteiger partial charge on any atom is -0.491 e. The first kappa shape index (κ1) is 23.1. The highest BCUT2D eigenvalue weighted by molar-refractivity contribution is 7.10. The summed E-state index contributed by atoms with van der Waals surface area (Å²) in [7, 11) is 0. The summed E-state index contributed by atoms with van der Waals surface area (Å²) in [6, 6.07) is 19.1. The third-order valence-electron chi connectivity index (χ3n) is 5.97. The topological polar surface area (TPSA) is 49.9 Å². The van der Waals surface area contributed by atoms with Crippen LogP contribution in [-0.2, 0) is 11.2 Å². The van der Waals surface area contributed by atoms with Crippen molar-refractivity contribution in [2.24, 2.45) is 0 Å². The van der Waals surface area contributed by atoms with Gasteiger partial charge in [0.15, 0.2) is 0 Å². The van der Waals surface area contributed by atoms with Crippen molar-refractivity contribution < 1.29 is 14.3 Å². The van der Waals surface area contributed by atoms with Gasteiger partial charge in [-0.25, -0.2) is 0 Å². The predicted octanol–water partition coefficient (Wildman–Crippen LogP) is 5.11. The molecule has 0 saturated carbocycles. The number of hydrogen-bond acceptors (Lipinski definition) is 4. The van der Waals surface area contributed by atoms with Gasteiger partial charge in [-0.3, -0.25) is 9.59 Å². The maximum absolute atomic E-state index is 13.5. The molecule has 0 saturated heterocycles. The third kappa shape index (κ3) is 5.45. The summed E-state index contributed by atoms with van der Waals surface area (Å²) in [5.74, 6) is 0.649. The Labute approximate surface area is 199 Å². The van der Waals surface area contributed by atoms with E-state index in [4.69, 9.17) is 4.74 Å². The van der Waals surface area contributed by atoms with Gasteiger partial charge in [0.05, 0.1) is 6.04 Å². The zero-order valence-corrected chi connectivity index (χ0v) is 20.0. The van der Waals surface area contributed by atoms with E-state index in [-0.39, 0.29) is 24.4 Å². The maximum Gasteiger partial charge on any atom is 0.254 e. The van der Waals surface area contributed by atoms with Crippen LogP contribution in [0, 0.1) is 6.92 Å². The molecule has 0 spiro atoms. The van der Waals surface area contributed by atoms with Gasteiger partial charge in [0, 0.05) is 23.5 Å². The molecule has 1 aliphatic heterocycles. The Kier molecular flexibility index (Phi) is 7.45. The summed E-state index contributed by atoms with van der Waals surface area (Å²) in [6.45, 7) is 5.70. The molecule has 0 radical (unpaired) electrons. The van der Waals surface area contributed by atoms with E-state index in [2.05, 4.69) is 11.4 Å². The smallest absolute Gasteiger partial charge is 0.254 e. The van der Waals surface area contributed by atoms with Crippen LogP contribution in [0.25, 0.3) is 0 Å². The summed E-state index contributed by atoms with van der Waals surface area (Å²) in [5.41, 5.74) is 2.94. The number of benzene rings is 2. The first-order chi connectivity index (χ1) is 16.1. The highest BCUT2D eigenvalue weighted by Crippen LogP contribution is 2.34. The van der Waals surface area contributed by atoms with Crippen LogP contribution >= 0.6 is 11.3 Å². The summed E-state index contributed by atoms with van der Waals surface area (Å²) < 4.78 is 6.11. The molecule has 3 aromatic rings. The van der Waals surface area contributed by atoms with E-state index in [9.17, 15) is 9.59 Å². The lowest BCUT2D eigenvalue weighted by Crippen LogP contribution is -2.48. The van der Waals surface area contributed by atoms with Crippen molar-refractivity contribution in [3.8, 4) is 5.75 Å². The number of carbonyl (C=O) groups excluding carboxylic acids is 2. The molecule has 1 atom stereocenters. The zero-order valence-electron chi connectivity index (χ0n) is 19.2. The predicted molar refractivity (Wildman–Crippen MR) is 132 cm³/mol. The van der Waals surface area contributed by atoms with Crippen LogP contribution in [-0.4, -0.2) is 47.9 Å². The molecule has 1 aliphatic rings. The lowest BCUT2D eigenvalue weighted by molar-refractivity contribution is -0.135. The largest absolute Gasteiger partial charge is 0.491 e. The highest BCUT2D eigenvalue weighted by Gasteiger charge is 2.33. The highest BCUT2D eigenvalue weighted by atomic mass is 32.1. The van der Waals surface area contributed by atoms with Gasteiger partial charge in [-0.2, -0.15) is 0 Å². The van der Waals surface area contributed by atoms with Crippen LogP contribution in [0.2, 0.25) is 0 Å². The molecule has 2 heterocycles. The van der Waals surface area contributed by atoms with Gasteiger partial charge in [-0.05, 0) is 61.0 Å². The normalized spacial score (nSPS) is 15.1. The Bertz CT molecular complexity index is 1080. The van der Waals surface area contributed by atoms with Crippen LogP contribution in [0.15, 0.2) is 66.0 Å². The average Bonchev–Trinajstić information content (AvgIpc) is 3.32. The summed E-state index contributed by atoms with van der Waals surface area (Å²) in [5, 5.41) is 2.08. The third-order valence-corrected chi connectivity index (χ3v) is 6.97. The molecule has 33 heavy (non-hydrogen) atoms. The van der Waals surface area contributed by atoms with Crippen molar-refractivity contribution in [2.45, 2.75) is 32.7 Å². The van der Waals surface area contributed by atoms with E-state index in [1.165, 1.54) is 10.4 Å². The number of carbonyl (C=O) groups is 2. The zero-order chi connectivity index (χ0) is 23.2. The molecule has 0 bridgehead atoms. The van der Waals surface area contributed by atoms with E-state index >= 15 is 0 Å². The standard InChI is InChI=1S/C27H30N2O3S/c1-3-15-28(27(31)21-7-5-4-6-8-21)18-26(30)29-16-13-25-23(14-17-33-25)24(29)19-32-22-11-9-20(2)10-12-22/h4-12,14,17,24H,3,13,15-16,18-19H2,1-2H3. The second-order valence-corrected chi connectivity index (χ2v) is 9.37. The summed E-state index contributed by atoms with van der Waals surface area (Å²) in [6.07, 6.45) is 1.63. The number of thiophene rings is 1. The SMILES string of the molecule is CCCN(CC(=O)N1CCc2sccc2C1COc1ccc(C)cc1)C(=O)c1ccccc1. The number of aryl methyl sites for hydroxylation is 1. The molecule has 2 aromatic carbocycles. The average molecular weight is 463 g/mol. The molecule has 1 aromatic heterocycles. The summed E-state index contributed by atoms with van der Waals surface area (Å²) in [4.78, 5) is 31.4. The van der Waals surface area contributed by atoms with Crippen molar-refractivity contribution in [1.29, 1.82) is 0 Å².